The van der Waals surface area contributed by atoms with Crippen molar-refractivity contribution in [3.05, 3.63) is 71.8 Å². The van der Waals surface area contributed by atoms with Crippen LogP contribution in [0.3, 0.4) is 0 Å². The van der Waals surface area contributed by atoms with Gasteiger partial charge in [-0.2, -0.15) is 18.4 Å². The summed E-state index contributed by atoms with van der Waals surface area (Å²) in [6, 6.07) is 15.0. The third-order valence-corrected chi connectivity index (χ3v) is 15.3. The summed E-state index contributed by atoms with van der Waals surface area (Å²) in [6.07, 6.45) is -0.579. The van der Waals surface area contributed by atoms with E-state index in [4.69, 9.17) is 5.26 Å². The molecule has 1 saturated heterocycles. The molecule has 2 fully saturated rings. The summed E-state index contributed by atoms with van der Waals surface area (Å²) < 4.78 is 68.7. The molecule has 34 heavy (non-hydrogen) atoms. The average molecular weight is 503 g/mol. The zero-order valence-electron chi connectivity index (χ0n) is 19.0. The first-order valence-electron chi connectivity index (χ1n) is 11.2. The molecule has 2 aliphatic carbocycles. The summed E-state index contributed by atoms with van der Waals surface area (Å²) >= 11 is 0. The highest BCUT2D eigenvalue weighted by molar-refractivity contribution is 7.94. The third kappa shape index (κ3) is 2.91. The lowest BCUT2D eigenvalue weighted by Crippen LogP contribution is -2.51. The van der Waals surface area contributed by atoms with Crippen LogP contribution in [0.1, 0.15) is 18.1 Å². The van der Waals surface area contributed by atoms with Crippen LogP contribution in [0.25, 0.3) is 0 Å². The minimum Gasteiger partial charge on any atom is -0.269 e. The number of allylic oxidation sites excluding steroid dienone is 2. The van der Waals surface area contributed by atoms with Crippen LogP contribution in [0, 0.1) is 29.1 Å². The second-order valence-electron chi connectivity index (χ2n) is 10.3. The van der Waals surface area contributed by atoms with Crippen molar-refractivity contribution in [3.63, 3.8) is 0 Å². The highest BCUT2D eigenvalue weighted by atomic mass is 32.2. The Labute approximate surface area is 198 Å². The highest BCUT2D eigenvalue weighted by Gasteiger charge is 2.72. The Bertz CT molecular complexity index is 1330. The van der Waals surface area contributed by atoms with Crippen molar-refractivity contribution in [1.29, 1.82) is 5.26 Å². The number of alkyl halides is 3. The number of benzene rings is 2. The number of hydrogen-bond acceptors (Lipinski definition) is 3. The van der Waals surface area contributed by atoms with E-state index in [1.54, 1.807) is 13.0 Å². The molecule has 4 nitrogen and oxygen atoms in total. The first kappa shape index (κ1) is 23.2. The maximum absolute atomic E-state index is 14.0. The van der Waals surface area contributed by atoms with E-state index in [2.05, 4.69) is 31.3 Å². The normalized spacial score (nSPS) is 31.5. The molecule has 2 aromatic rings. The first-order valence-corrected chi connectivity index (χ1v) is 15.7. The molecule has 178 valence electrons. The monoisotopic (exact) mass is 502 g/mol. The van der Waals surface area contributed by atoms with Crippen molar-refractivity contribution in [2.75, 3.05) is 10.8 Å². The molecule has 2 bridgehead atoms. The maximum Gasteiger partial charge on any atom is 0.417 e. The number of nitrogens with zero attached hydrogens (tertiary/aromatic N) is 2. The summed E-state index contributed by atoms with van der Waals surface area (Å²) in [5.41, 5.74) is -1.45. The van der Waals surface area contributed by atoms with E-state index in [9.17, 15) is 21.6 Å². The summed E-state index contributed by atoms with van der Waals surface area (Å²) in [5.74, 6) is -0.352. The van der Waals surface area contributed by atoms with Crippen LogP contribution >= 0.6 is 0 Å². The van der Waals surface area contributed by atoms with E-state index >= 15 is 0 Å². The first-order chi connectivity index (χ1) is 15.8. The van der Waals surface area contributed by atoms with Gasteiger partial charge in [0.15, 0.2) is 0 Å². The molecule has 1 heterocycles. The van der Waals surface area contributed by atoms with E-state index in [-0.39, 0.29) is 35.5 Å². The molecule has 0 amide bonds. The van der Waals surface area contributed by atoms with Gasteiger partial charge in [0.25, 0.3) is 0 Å². The Hall–Kier alpha value is -2.57. The minimum atomic E-state index is -4.75. The molecule has 0 N–H and O–H groups in total. The number of anilines is 1. The van der Waals surface area contributed by atoms with E-state index in [1.165, 1.54) is 11.3 Å². The van der Waals surface area contributed by atoms with Gasteiger partial charge in [0, 0.05) is 12.5 Å². The van der Waals surface area contributed by atoms with E-state index < -0.39 is 40.1 Å². The fourth-order valence-corrected chi connectivity index (χ4v) is 13.3. The van der Waals surface area contributed by atoms with E-state index in [1.807, 2.05) is 24.3 Å². The van der Waals surface area contributed by atoms with Gasteiger partial charge in [0.2, 0.25) is 10.0 Å². The number of halogens is 3. The summed E-state index contributed by atoms with van der Waals surface area (Å²) in [7, 11) is -6.01. The van der Waals surface area contributed by atoms with Crippen molar-refractivity contribution in [3.8, 4) is 6.07 Å². The van der Waals surface area contributed by atoms with Gasteiger partial charge >= 0.3 is 6.18 Å². The van der Waals surface area contributed by atoms with E-state index in [0.717, 1.165) is 16.4 Å². The number of rotatable bonds is 3. The molecule has 5 rings (SSSR count). The molecule has 0 aromatic heterocycles. The lowest BCUT2D eigenvalue weighted by molar-refractivity contribution is -0.137. The molecule has 9 heteroatoms. The second kappa shape index (κ2) is 7.22. The van der Waals surface area contributed by atoms with Crippen LogP contribution in [0.2, 0.25) is 18.6 Å². The van der Waals surface area contributed by atoms with Crippen molar-refractivity contribution in [2.45, 2.75) is 36.5 Å². The Morgan fingerprint density at radius 3 is 2.38 bits per heavy atom. The smallest absolute Gasteiger partial charge is 0.269 e. The Kier molecular flexibility index (Phi) is 4.92. The predicted molar refractivity (Wildman–Crippen MR) is 128 cm³/mol. The van der Waals surface area contributed by atoms with Crippen LogP contribution in [-0.2, 0) is 16.2 Å². The molecule has 0 radical (unpaired) electrons. The highest BCUT2D eigenvalue weighted by Crippen LogP contribution is 2.66. The van der Waals surface area contributed by atoms with Gasteiger partial charge in [-0.1, -0.05) is 60.8 Å². The van der Waals surface area contributed by atoms with Gasteiger partial charge in [-0.15, -0.1) is 0 Å². The van der Waals surface area contributed by atoms with Gasteiger partial charge in [-0.3, -0.25) is 4.31 Å². The lowest BCUT2D eigenvalue weighted by atomic mass is 9.83. The summed E-state index contributed by atoms with van der Waals surface area (Å²) in [4.78, 5) is 0. The minimum absolute atomic E-state index is 0.0301. The SMILES string of the molecule is C[C@@]12[C@@H]3C=C[C@@H]([C@H]3[Si](C)(C)c3ccccc3)[C@@H]1CN(c1ccc(C#N)c(C(F)(F)F)c1)S2(=O)=O. The quantitative estimate of drug-likeness (QED) is 0.443. The maximum atomic E-state index is 14.0. The van der Waals surface area contributed by atoms with Crippen molar-refractivity contribution < 1.29 is 21.6 Å². The fraction of sp³-hybridized carbons (Fsp3) is 0.400. The lowest BCUT2D eigenvalue weighted by Gasteiger charge is -2.37. The van der Waals surface area contributed by atoms with Crippen LogP contribution in [0.5, 0.6) is 0 Å². The predicted octanol–water partition coefficient (Wildman–Crippen LogP) is 4.90. The zero-order valence-corrected chi connectivity index (χ0v) is 20.9. The van der Waals surface area contributed by atoms with Gasteiger partial charge in [0.05, 0.1) is 35.7 Å². The van der Waals surface area contributed by atoms with Crippen LogP contribution in [0.15, 0.2) is 60.7 Å². The molecule has 1 saturated carbocycles. The average Bonchev–Trinajstić information content (AvgIpc) is 3.40. The van der Waals surface area contributed by atoms with Crippen molar-refractivity contribution in [2.24, 2.45) is 17.8 Å². The molecule has 0 unspecified atom stereocenters. The number of nitriles is 1. The van der Waals surface area contributed by atoms with Crippen LogP contribution in [-0.4, -0.2) is 27.8 Å². The van der Waals surface area contributed by atoms with Crippen LogP contribution in [0.4, 0.5) is 18.9 Å². The van der Waals surface area contributed by atoms with Gasteiger partial charge < -0.3 is 0 Å². The molecule has 1 aliphatic heterocycles. The van der Waals surface area contributed by atoms with Crippen molar-refractivity contribution in [1.82, 2.24) is 0 Å². The van der Waals surface area contributed by atoms with Gasteiger partial charge in [0.1, 0.15) is 0 Å². The Morgan fingerprint density at radius 2 is 1.79 bits per heavy atom. The largest absolute Gasteiger partial charge is 0.417 e. The van der Waals surface area contributed by atoms with Crippen molar-refractivity contribution >= 4 is 29.0 Å². The topological polar surface area (TPSA) is 61.2 Å². The number of hydrogen-bond donors (Lipinski definition) is 0. The molecule has 0 spiro atoms. The number of fused-ring (bicyclic) bond motifs is 5. The molecular weight excluding hydrogens is 477 g/mol. The standard InChI is InChI=1S/C25H25F3N2O2SSi/c1-24-20-12-11-19(23(20)34(2,3)18-7-5-4-6-8-18)22(24)15-30(33(24,31)32)17-10-9-16(14-29)21(13-17)25(26,27)28/h4-13,19-20,22-23H,15H2,1-3H3/t19-,20-,22+,23-,24-/m1/s1. The molecule has 2 aromatic carbocycles. The molecule has 5 atom stereocenters. The summed E-state index contributed by atoms with van der Waals surface area (Å²) in [6.45, 7) is 6.48. The van der Waals surface area contributed by atoms with Gasteiger partial charge in [-0.25, -0.2) is 8.42 Å². The molecular formula is C25H25F3N2O2SSi. The van der Waals surface area contributed by atoms with Crippen LogP contribution < -0.4 is 9.49 Å². The second-order valence-corrected chi connectivity index (χ2v) is 17.2. The van der Waals surface area contributed by atoms with E-state index in [0.29, 0.717) is 0 Å². The van der Waals surface area contributed by atoms with Gasteiger partial charge in [-0.05, 0) is 42.5 Å². The Balaban J connectivity index is 1.56. The fourth-order valence-electron chi connectivity index (χ4n) is 6.72. The Morgan fingerprint density at radius 1 is 1.12 bits per heavy atom. The zero-order chi connectivity index (χ0) is 24.7. The summed E-state index contributed by atoms with van der Waals surface area (Å²) in [5, 5.41) is 10.4. The number of sulfonamides is 1. The third-order valence-electron chi connectivity index (χ3n) is 8.48. The molecule has 3 aliphatic rings.